The lowest BCUT2D eigenvalue weighted by Crippen LogP contribution is -2.35. The van der Waals surface area contributed by atoms with Crippen molar-refractivity contribution in [3.8, 4) is 0 Å². The van der Waals surface area contributed by atoms with Crippen LogP contribution in [0.3, 0.4) is 0 Å². The van der Waals surface area contributed by atoms with Gasteiger partial charge in [-0.15, -0.1) is 0 Å². The van der Waals surface area contributed by atoms with Gasteiger partial charge in [0, 0.05) is 31.5 Å². The van der Waals surface area contributed by atoms with Crippen molar-refractivity contribution in [3.05, 3.63) is 23.5 Å². The fourth-order valence-corrected chi connectivity index (χ4v) is 2.09. The molecule has 0 aliphatic heterocycles. The number of hydrogen-bond donors (Lipinski definition) is 2. The fourth-order valence-electron chi connectivity index (χ4n) is 2.09. The number of carbonyl (C=O) groups excluding carboxylic acids is 1. The standard InChI is InChI=1S/C16H27N3O2/c1-4-6-8-19(9-10-20)16(21)14-12-18-13(3)11-15(14)17-7-5-2/h11-12,20H,4-10H2,1-3H3,(H,17,18). The minimum absolute atomic E-state index is 0.0214. The Morgan fingerprint density at radius 2 is 2.10 bits per heavy atom. The molecule has 1 amide bonds. The first-order valence-corrected chi connectivity index (χ1v) is 7.74. The van der Waals surface area contributed by atoms with Crippen molar-refractivity contribution >= 4 is 11.6 Å². The molecule has 1 aromatic heterocycles. The van der Waals surface area contributed by atoms with Gasteiger partial charge in [-0.3, -0.25) is 9.78 Å². The first-order valence-electron chi connectivity index (χ1n) is 7.74. The zero-order valence-electron chi connectivity index (χ0n) is 13.4. The molecule has 0 atom stereocenters. The molecule has 5 heteroatoms. The van der Waals surface area contributed by atoms with E-state index in [-0.39, 0.29) is 12.5 Å². The first kappa shape index (κ1) is 17.4. The van der Waals surface area contributed by atoms with E-state index < -0.39 is 0 Å². The van der Waals surface area contributed by atoms with Crippen LogP contribution < -0.4 is 5.32 Å². The number of nitrogens with one attached hydrogen (secondary N) is 1. The Morgan fingerprint density at radius 1 is 1.33 bits per heavy atom. The Morgan fingerprint density at radius 3 is 2.71 bits per heavy atom. The van der Waals surface area contributed by atoms with Gasteiger partial charge in [0.2, 0.25) is 0 Å². The van der Waals surface area contributed by atoms with E-state index in [2.05, 4.69) is 24.1 Å². The highest BCUT2D eigenvalue weighted by Gasteiger charge is 2.18. The second kappa shape index (κ2) is 9.34. The zero-order valence-corrected chi connectivity index (χ0v) is 13.4. The van der Waals surface area contributed by atoms with Crippen molar-refractivity contribution in [2.24, 2.45) is 0 Å². The lowest BCUT2D eigenvalue weighted by Gasteiger charge is -2.23. The van der Waals surface area contributed by atoms with E-state index >= 15 is 0 Å². The van der Waals surface area contributed by atoms with Crippen molar-refractivity contribution in [2.45, 2.75) is 40.0 Å². The van der Waals surface area contributed by atoms with Gasteiger partial charge in [0.25, 0.3) is 5.91 Å². The number of pyridine rings is 1. The minimum atomic E-state index is -0.0661. The number of unbranched alkanes of at least 4 members (excludes halogenated alkanes) is 1. The summed E-state index contributed by atoms with van der Waals surface area (Å²) in [6, 6.07) is 1.90. The van der Waals surface area contributed by atoms with E-state index in [9.17, 15) is 4.79 Å². The molecule has 0 bridgehead atoms. The normalized spacial score (nSPS) is 10.5. The molecule has 0 unspecified atom stereocenters. The Balaban J connectivity index is 2.96. The Hall–Kier alpha value is -1.62. The summed E-state index contributed by atoms with van der Waals surface area (Å²) in [6.45, 7) is 7.90. The molecule has 0 spiro atoms. The van der Waals surface area contributed by atoms with Crippen LogP contribution in [0.1, 0.15) is 49.2 Å². The van der Waals surface area contributed by atoms with E-state index in [1.165, 1.54) is 0 Å². The van der Waals surface area contributed by atoms with Gasteiger partial charge < -0.3 is 15.3 Å². The van der Waals surface area contributed by atoms with Crippen LogP contribution in [0.2, 0.25) is 0 Å². The molecule has 0 saturated heterocycles. The summed E-state index contributed by atoms with van der Waals surface area (Å²) in [7, 11) is 0. The van der Waals surface area contributed by atoms with Gasteiger partial charge in [-0.2, -0.15) is 0 Å². The summed E-state index contributed by atoms with van der Waals surface area (Å²) in [5.41, 5.74) is 2.29. The number of rotatable bonds is 9. The highest BCUT2D eigenvalue weighted by atomic mass is 16.3. The van der Waals surface area contributed by atoms with Crippen molar-refractivity contribution < 1.29 is 9.90 Å². The second-order valence-corrected chi connectivity index (χ2v) is 5.17. The highest BCUT2D eigenvalue weighted by molar-refractivity contribution is 5.99. The first-order chi connectivity index (χ1) is 10.1. The van der Waals surface area contributed by atoms with Gasteiger partial charge >= 0.3 is 0 Å². The van der Waals surface area contributed by atoms with Gasteiger partial charge in [0.05, 0.1) is 17.9 Å². The molecule has 21 heavy (non-hydrogen) atoms. The molecule has 0 aromatic carbocycles. The molecule has 0 radical (unpaired) electrons. The third kappa shape index (κ3) is 5.34. The van der Waals surface area contributed by atoms with Gasteiger partial charge in [-0.05, 0) is 25.8 Å². The third-order valence-electron chi connectivity index (χ3n) is 3.28. The van der Waals surface area contributed by atoms with Crippen LogP contribution in [0.5, 0.6) is 0 Å². The summed E-state index contributed by atoms with van der Waals surface area (Å²) in [5, 5.41) is 12.4. The molecule has 5 nitrogen and oxygen atoms in total. The smallest absolute Gasteiger partial charge is 0.257 e. The van der Waals surface area contributed by atoms with Crippen molar-refractivity contribution in [1.82, 2.24) is 9.88 Å². The molecule has 0 saturated carbocycles. The molecule has 2 N–H and O–H groups in total. The van der Waals surface area contributed by atoms with Gasteiger partial charge in [0.15, 0.2) is 0 Å². The van der Waals surface area contributed by atoms with Gasteiger partial charge in [0.1, 0.15) is 0 Å². The van der Waals surface area contributed by atoms with Crippen LogP contribution in [-0.4, -0.2) is 47.1 Å². The Labute approximate surface area is 127 Å². The number of aliphatic hydroxyl groups is 1. The number of aryl methyl sites for hydroxylation is 1. The van der Waals surface area contributed by atoms with Crippen LogP contribution in [-0.2, 0) is 0 Å². The Bertz CT molecular complexity index is 449. The van der Waals surface area contributed by atoms with Crippen LogP contribution in [0.15, 0.2) is 12.3 Å². The minimum Gasteiger partial charge on any atom is -0.395 e. The maximum Gasteiger partial charge on any atom is 0.257 e. The zero-order chi connectivity index (χ0) is 15.7. The topological polar surface area (TPSA) is 65.5 Å². The van der Waals surface area contributed by atoms with Gasteiger partial charge in [-0.1, -0.05) is 20.3 Å². The summed E-state index contributed by atoms with van der Waals surface area (Å²) in [6.07, 6.45) is 4.57. The SMILES string of the molecule is CCCCN(CCO)C(=O)c1cnc(C)cc1NCCC. The lowest BCUT2D eigenvalue weighted by atomic mass is 10.1. The average molecular weight is 293 g/mol. The van der Waals surface area contributed by atoms with Gasteiger partial charge in [-0.25, -0.2) is 0 Å². The van der Waals surface area contributed by atoms with E-state index in [1.54, 1.807) is 11.1 Å². The molecule has 1 heterocycles. The summed E-state index contributed by atoms with van der Waals surface area (Å²) >= 11 is 0. The third-order valence-corrected chi connectivity index (χ3v) is 3.28. The Kier molecular flexibility index (Phi) is 7.75. The fraction of sp³-hybridized carbons (Fsp3) is 0.625. The molecule has 0 fully saturated rings. The van der Waals surface area contributed by atoms with Crippen molar-refractivity contribution in [1.29, 1.82) is 0 Å². The van der Waals surface area contributed by atoms with Crippen LogP contribution in [0, 0.1) is 6.92 Å². The predicted molar refractivity (Wildman–Crippen MR) is 85.7 cm³/mol. The number of nitrogens with zero attached hydrogens (tertiary/aromatic N) is 2. The molecular weight excluding hydrogens is 266 g/mol. The maximum absolute atomic E-state index is 12.7. The number of amides is 1. The molecule has 1 rings (SSSR count). The summed E-state index contributed by atoms with van der Waals surface area (Å²) in [5.74, 6) is -0.0661. The van der Waals surface area contributed by atoms with E-state index in [0.29, 0.717) is 18.7 Å². The van der Waals surface area contributed by atoms with Crippen LogP contribution >= 0.6 is 0 Å². The maximum atomic E-state index is 12.7. The molecule has 118 valence electrons. The molecular formula is C16H27N3O2. The van der Waals surface area contributed by atoms with Crippen molar-refractivity contribution in [3.63, 3.8) is 0 Å². The van der Waals surface area contributed by atoms with Crippen LogP contribution in [0.25, 0.3) is 0 Å². The monoisotopic (exact) mass is 293 g/mol. The molecule has 0 aliphatic rings. The van der Waals surface area contributed by atoms with E-state index in [1.807, 2.05) is 13.0 Å². The number of carbonyl (C=O) groups is 1. The summed E-state index contributed by atoms with van der Waals surface area (Å²) < 4.78 is 0. The largest absolute Gasteiger partial charge is 0.395 e. The number of aromatic nitrogens is 1. The second-order valence-electron chi connectivity index (χ2n) is 5.17. The highest BCUT2D eigenvalue weighted by Crippen LogP contribution is 2.18. The van der Waals surface area contributed by atoms with E-state index in [0.717, 1.165) is 37.2 Å². The number of anilines is 1. The van der Waals surface area contributed by atoms with Crippen molar-refractivity contribution in [2.75, 3.05) is 31.6 Å². The van der Waals surface area contributed by atoms with Crippen LogP contribution in [0.4, 0.5) is 5.69 Å². The molecule has 0 aliphatic carbocycles. The average Bonchev–Trinajstić information content (AvgIpc) is 2.48. The summed E-state index contributed by atoms with van der Waals surface area (Å²) in [4.78, 5) is 18.6. The van der Waals surface area contributed by atoms with E-state index in [4.69, 9.17) is 5.11 Å². The quantitative estimate of drug-likeness (QED) is 0.734. The predicted octanol–water partition coefficient (Wildman–Crippen LogP) is 2.45. The lowest BCUT2D eigenvalue weighted by molar-refractivity contribution is 0.0720. The number of aliphatic hydroxyl groups excluding tert-OH is 1. The number of hydrogen-bond acceptors (Lipinski definition) is 4. The molecule has 1 aromatic rings.